The molecule has 2 aromatic rings. The number of hydrogen-bond donors (Lipinski definition) is 1. The highest BCUT2D eigenvalue weighted by Crippen LogP contribution is 2.33. The van der Waals surface area contributed by atoms with Crippen molar-refractivity contribution in [3.05, 3.63) is 64.2 Å². The minimum absolute atomic E-state index is 0.721. The Labute approximate surface area is 136 Å². The monoisotopic (exact) mass is 317 g/mol. The Kier molecular flexibility index (Phi) is 4.89. The summed E-state index contributed by atoms with van der Waals surface area (Å²) < 4.78 is 0. The predicted molar refractivity (Wildman–Crippen MR) is 92.1 cm³/mol. The van der Waals surface area contributed by atoms with Gasteiger partial charge in [-0.25, -0.2) is 0 Å². The second-order valence-electron chi connectivity index (χ2n) is 5.66. The molecule has 0 bridgehead atoms. The maximum absolute atomic E-state index is 6.41. The molecule has 1 aliphatic carbocycles. The third-order valence-electron chi connectivity index (χ3n) is 3.67. The summed E-state index contributed by atoms with van der Waals surface area (Å²) >= 11 is 8.24. The molecule has 1 aliphatic rings. The second kappa shape index (κ2) is 6.87. The molecule has 0 radical (unpaired) electrons. The normalized spacial score (nSPS) is 14.4. The van der Waals surface area contributed by atoms with Gasteiger partial charge in [-0.2, -0.15) is 0 Å². The van der Waals surface area contributed by atoms with Crippen molar-refractivity contribution in [3.8, 4) is 0 Å². The van der Waals surface area contributed by atoms with Crippen LogP contribution in [-0.4, -0.2) is 6.04 Å². The maximum Gasteiger partial charge on any atom is 0.0545 e. The van der Waals surface area contributed by atoms with Crippen LogP contribution in [0.15, 0.2) is 47.4 Å². The van der Waals surface area contributed by atoms with Gasteiger partial charge in [0.15, 0.2) is 0 Å². The zero-order chi connectivity index (χ0) is 14.7. The SMILES string of the molecule is Cc1cccc(CSc2c(Cl)cccc2CNC2CC2)c1. The van der Waals surface area contributed by atoms with E-state index in [2.05, 4.69) is 42.6 Å². The molecule has 0 heterocycles. The van der Waals surface area contributed by atoms with Crippen LogP contribution in [0.4, 0.5) is 0 Å². The molecule has 21 heavy (non-hydrogen) atoms. The molecular weight excluding hydrogens is 298 g/mol. The molecule has 0 spiro atoms. The van der Waals surface area contributed by atoms with E-state index in [1.54, 1.807) is 0 Å². The Morgan fingerprint density at radius 1 is 1.19 bits per heavy atom. The fourth-order valence-corrected chi connectivity index (χ4v) is 3.73. The number of benzene rings is 2. The Morgan fingerprint density at radius 2 is 2.00 bits per heavy atom. The van der Waals surface area contributed by atoms with Crippen molar-refractivity contribution in [1.82, 2.24) is 5.32 Å². The van der Waals surface area contributed by atoms with Gasteiger partial charge >= 0.3 is 0 Å². The van der Waals surface area contributed by atoms with E-state index in [4.69, 9.17) is 11.6 Å². The Bertz CT molecular complexity index is 622. The van der Waals surface area contributed by atoms with E-state index in [0.717, 1.165) is 23.4 Å². The minimum atomic E-state index is 0.721. The Balaban J connectivity index is 1.70. The van der Waals surface area contributed by atoms with Gasteiger partial charge in [0.1, 0.15) is 0 Å². The van der Waals surface area contributed by atoms with Gasteiger partial charge < -0.3 is 5.32 Å². The summed E-state index contributed by atoms with van der Waals surface area (Å²) in [6, 6.07) is 15.6. The van der Waals surface area contributed by atoms with Crippen LogP contribution >= 0.6 is 23.4 Å². The molecule has 0 saturated heterocycles. The summed E-state index contributed by atoms with van der Waals surface area (Å²) in [6.07, 6.45) is 2.62. The predicted octanol–water partition coefficient (Wildman–Crippen LogP) is 5.19. The van der Waals surface area contributed by atoms with Gasteiger partial charge in [0.05, 0.1) is 5.02 Å². The second-order valence-corrected chi connectivity index (χ2v) is 7.05. The highest BCUT2D eigenvalue weighted by Gasteiger charge is 2.20. The quantitative estimate of drug-likeness (QED) is 0.736. The van der Waals surface area contributed by atoms with Crippen LogP contribution < -0.4 is 5.32 Å². The summed E-state index contributed by atoms with van der Waals surface area (Å²) in [4.78, 5) is 1.22. The molecule has 1 N–H and O–H groups in total. The smallest absolute Gasteiger partial charge is 0.0545 e. The van der Waals surface area contributed by atoms with Gasteiger partial charge in [-0.3, -0.25) is 0 Å². The summed E-state index contributed by atoms with van der Waals surface area (Å²) in [7, 11) is 0. The van der Waals surface area contributed by atoms with Crippen LogP contribution in [0.5, 0.6) is 0 Å². The number of hydrogen-bond acceptors (Lipinski definition) is 2. The molecule has 1 fully saturated rings. The highest BCUT2D eigenvalue weighted by atomic mass is 35.5. The zero-order valence-corrected chi connectivity index (χ0v) is 13.8. The van der Waals surface area contributed by atoms with E-state index in [1.165, 1.54) is 34.4 Å². The molecule has 3 heteroatoms. The lowest BCUT2D eigenvalue weighted by Gasteiger charge is -2.12. The standard InChI is InChI=1S/C18H20ClNS/c1-13-4-2-5-14(10-13)12-21-18-15(6-3-7-17(18)19)11-20-16-8-9-16/h2-7,10,16,20H,8-9,11-12H2,1H3. The molecule has 110 valence electrons. The summed E-state index contributed by atoms with van der Waals surface area (Å²) in [5.41, 5.74) is 3.97. The van der Waals surface area contributed by atoms with Crippen molar-refractivity contribution < 1.29 is 0 Å². The first-order valence-corrected chi connectivity index (χ1v) is 8.78. The summed E-state index contributed by atoms with van der Waals surface area (Å²) in [6.45, 7) is 3.05. The summed E-state index contributed by atoms with van der Waals surface area (Å²) in [5, 5.41) is 4.44. The molecule has 0 amide bonds. The molecule has 2 aromatic carbocycles. The van der Waals surface area contributed by atoms with Crippen molar-refractivity contribution in [2.45, 2.75) is 43.0 Å². The maximum atomic E-state index is 6.41. The highest BCUT2D eigenvalue weighted by molar-refractivity contribution is 7.98. The average molecular weight is 318 g/mol. The van der Waals surface area contributed by atoms with Crippen molar-refractivity contribution in [3.63, 3.8) is 0 Å². The summed E-state index contributed by atoms with van der Waals surface area (Å²) in [5.74, 6) is 0.960. The molecule has 1 saturated carbocycles. The van der Waals surface area contributed by atoms with Gasteiger partial charge in [-0.05, 0) is 37.0 Å². The largest absolute Gasteiger partial charge is 0.310 e. The molecule has 0 atom stereocenters. The lowest BCUT2D eigenvalue weighted by atomic mass is 10.2. The molecular formula is C18H20ClNS. The van der Waals surface area contributed by atoms with E-state index in [-0.39, 0.29) is 0 Å². The third kappa shape index (κ3) is 4.26. The van der Waals surface area contributed by atoms with E-state index < -0.39 is 0 Å². The first-order chi connectivity index (χ1) is 10.2. The Morgan fingerprint density at radius 3 is 2.76 bits per heavy atom. The van der Waals surface area contributed by atoms with Crippen LogP contribution in [0.25, 0.3) is 0 Å². The van der Waals surface area contributed by atoms with E-state index >= 15 is 0 Å². The van der Waals surface area contributed by atoms with Gasteiger partial charge in [-0.1, -0.05) is 53.6 Å². The van der Waals surface area contributed by atoms with Crippen molar-refractivity contribution in [1.29, 1.82) is 0 Å². The topological polar surface area (TPSA) is 12.0 Å². The van der Waals surface area contributed by atoms with E-state index in [0.29, 0.717) is 0 Å². The molecule has 0 aliphatic heterocycles. The van der Waals surface area contributed by atoms with Crippen LogP contribution in [0.3, 0.4) is 0 Å². The lowest BCUT2D eigenvalue weighted by molar-refractivity contribution is 0.680. The number of nitrogens with one attached hydrogen (secondary N) is 1. The minimum Gasteiger partial charge on any atom is -0.310 e. The van der Waals surface area contributed by atoms with Crippen LogP contribution in [-0.2, 0) is 12.3 Å². The fraction of sp³-hybridized carbons (Fsp3) is 0.333. The molecule has 3 rings (SSSR count). The molecule has 0 unspecified atom stereocenters. The first-order valence-electron chi connectivity index (χ1n) is 7.41. The van der Waals surface area contributed by atoms with Crippen molar-refractivity contribution in [2.24, 2.45) is 0 Å². The Hall–Kier alpha value is -0.960. The first kappa shape index (κ1) is 15.0. The van der Waals surface area contributed by atoms with Gasteiger partial charge in [-0.15, -0.1) is 11.8 Å². The average Bonchev–Trinajstić information content (AvgIpc) is 3.28. The van der Waals surface area contributed by atoms with Crippen LogP contribution in [0, 0.1) is 6.92 Å². The number of aryl methyl sites for hydroxylation is 1. The molecule has 0 aromatic heterocycles. The fourth-order valence-electron chi connectivity index (χ4n) is 2.35. The van der Waals surface area contributed by atoms with Gasteiger partial charge in [0.2, 0.25) is 0 Å². The van der Waals surface area contributed by atoms with Crippen molar-refractivity contribution in [2.75, 3.05) is 0 Å². The van der Waals surface area contributed by atoms with Crippen LogP contribution in [0.2, 0.25) is 5.02 Å². The molecule has 1 nitrogen and oxygen atoms in total. The number of thioether (sulfide) groups is 1. The number of halogens is 1. The third-order valence-corrected chi connectivity index (χ3v) is 5.35. The number of rotatable bonds is 6. The van der Waals surface area contributed by atoms with E-state index in [9.17, 15) is 0 Å². The zero-order valence-electron chi connectivity index (χ0n) is 12.2. The van der Waals surface area contributed by atoms with E-state index in [1.807, 2.05) is 23.9 Å². The van der Waals surface area contributed by atoms with Gasteiger partial charge in [0.25, 0.3) is 0 Å². The van der Waals surface area contributed by atoms with Crippen molar-refractivity contribution >= 4 is 23.4 Å². The lowest BCUT2D eigenvalue weighted by Crippen LogP contribution is -2.15. The van der Waals surface area contributed by atoms with Gasteiger partial charge in [0, 0.05) is 23.2 Å². The van der Waals surface area contributed by atoms with Crippen LogP contribution in [0.1, 0.15) is 29.5 Å².